The molecule has 0 atom stereocenters. The Morgan fingerprint density at radius 3 is 2.18 bits per heavy atom. The molecule has 0 amide bonds. The van der Waals surface area contributed by atoms with Crippen LogP contribution in [0.1, 0.15) is 11.4 Å². The standard InChI is InChI=1S/C15H24N4OS2/c1-11-12(2)19(6)15(18(11)5)22-10-13(20)9-21-14-16(3)7-8-17(14)4/h7-8H,9-10H2,1-6H3/q+2. The van der Waals surface area contributed by atoms with Gasteiger partial charge in [0.2, 0.25) is 0 Å². The highest BCUT2D eigenvalue weighted by atomic mass is 32.2. The number of imidazole rings is 2. The molecule has 0 saturated carbocycles. The van der Waals surface area contributed by atoms with E-state index in [0.717, 1.165) is 10.3 Å². The first-order chi connectivity index (χ1) is 10.3. The van der Waals surface area contributed by atoms with Crippen molar-refractivity contribution in [1.29, 1.82) is 0 Å². The lowest BCUT2D eigenvalue weighted by Gasteiger charge is -2.00. The fourth-order valence-electron chi connectivity index (χ4n) is 2.30. The lowest BCUT2D eigenvalue weighted by molar-refractivity contribution is -0.715. The van der Waals surface area contributed by atoms with E-state index >= 15 is 0 Å². The highest BCUT2D eigenvalue weighted by Gasteiger charge is 2.22. The number of hydrogen-bond donors (Lipinski definition) is 0. The number of nitrogens with zero attached hydrogens (tertiary/aromatic N) is 4. The van der Waals surface area contributed by atoms with E-state index in [4.69, 9.17) is 0 Å². The van der Waals surface area contributed by atoms with Crippen LogP contribution in [-0.2, 0) is 33.0 Å². The van der Waals surface area contributed by atoms with E-state index in [2.05, 4.69) is 23.0 Å². The summed E-state index contributed by atoms with van der Waals surface area (Å²) in [4.78, 5) is 12.2. The number of thioether (sulfide) groups is 2. The monoisotopic (exact) mass is 340 g/mol. The molecule has 0 aliphatic carbocycles. The van der Waals surface area contributed by atoms with Crippen LogP contribution in [-0.4, -0.2) is 26.4 Å². The van der Waals surface area contributed by atoms with Gasteiger partial charge in [-0.25, -0.2) is 18.3 Å². The van der Waals surface area contributed by atoms with Gasteiger partial charge in [0.25, 0.3) is 0 Å². The van der Waals surface area contributed by atoms with Gasteiger partial charge in [0, 0.05) is 13.8 Å². The van der Waals surface area contributed by atoms with Crippen LogP contribution in [0.3, 0.4) is 0 Å². The smallest absolute Gasteiger partial charge is 0.298 e. The summed E-state index contributed by atoms with van der Waals surface area (Å²) in [5, 5.41) is 2.22. The van der Waals surface area contributed by atoms with Crippen molar-refractivity contribution >= 4 is 29.3 Å². The maximum absolute atomic E-state index is 12.2. The van der Waals surface area contributed by atoms with E-state index in [-0.39, 0.29) is 5.78 Å². The summed E-state index contributed by atoms with van der Waals surface area (Å²) in [6, 6.07) is 0. The summed E-state index contributed by atoms with van der Waals surface area (Å²) >= 11 is 3.20. The molecule has 0 fully saturated rings. The van der Waals surface area contributed by atoms with E-state index in [1.165, 1.54) is 11.4 Å². The van der Waals surface area contributed by atoms with Gasteiger partial charge in [-0.05, 0) is 23.5 Å². The first-order valence-corrected chi connectivity index (χ1v) is 9.10. The predicted octanol–water partition coefficient (Wildman–Crippen LogP) is 1.08. The van der Waals surface area contributed by atoms with E-state index in [1.807, 2.05) is 49.7 Å². The van der Waals surface area contributed by atoms with Gasteiger partial charge < -0.3 is 0 Å². The highest BCUT2D eigenvalue weighted by Crippen LogP contribution is 2.19. The molecule has 2 aromatic heterocycles. The van der Waals surface area contributed by atoms with Crippen LogP contribution in [0.25, 0.3) is 0 Å². The zero-order valence-corrected chi connectivity index (χ0v) is 15.7. The lowest BCUT2D eigenvalue weighted by Crippen LogP contribution is -2.32. The summed E-state index contributed by atoms with van der Waals surface area (Å²) in [6.45, 7) is 4.21. The Hall–Kier alpha value is -1.21. The van der Waals surface area contributed by atoms with Crippen LogP contribution < -0.4 is 9.13 Å². The van der Waals surface area contributed by atoms with Crippen molar-refractivity contribution in [1.82, 2.24) is 9.13 Å². The van der Waals surface area contributed by atoms with Crippen molar-refractivity contribution in [2.24, 2.45) is 28.2 Å². The molecule has 22 heavy (non-hydrogen) atoms. The van der Waals surface area contributed by atoms with Crippen molar-refractivity contribution in [2.45, 2.75) is 24.2 Å². The maximum Gasteiger partial charge on any atom is 0.318 e. The Bertz CT molecular complexity index is 658. The second kappa shape index (κ2) is 6.91. The van der Waals surface area contributed by atoms with Crippen molar-refractivity contribution in [2.75, 3.05) is 11.5 Å². The fourth-order valence-corrected chi connectivity index (χ4v) is 4.41. The molecule has 0 spiro atoms. The first kappa shape index (κ1) is 17.1. The molecular weight excluding hydrogens is 316 g/mol. The van der Waals surface area contributed by atoms with Gasteiger partial charge in [0.1, 0.15) is 23.8 Å². The summed E-state index contributed by atoms with van der Waals surface area (Å²) in [5.74, 6) is 1.27. The Kier molecular flexibility index (Phi) is 5.39. The van der Waals surface area contributed by atoms with Gasteiger partial charge in [-0.2, -0.15) is 0 Å². The van der Waals surface area contributed by atoms with Crippen molar-refractivity contribution in [3.05, 3.63) is 23.8 Å². The zero-order valence-electron chi connectivity index (χ0n) is 14.1. The molecule has 5 nitrogen and oxygen atoms in total. The zero-order chi connectivity index (χ0) is 16.4. The molecule has 0 N–H and O–H groups in total. The third kappa shape index (κ3) is 3.41. The van der Waals surface area contributed by atoms with E-state index in [1.54, 1.807) is 23.5 Å². The minimum Gasteiger partial charge on any atom is -0.298 e. The second-order valence-electron chi connectivity index (χ2n) is 5.49. The van der Waals surface area contributed by atoms with Crippen LogP contribution in [0.4, 0.5) is 0 Å². The molecule has 120 valence electrons. The molecule has 0 radical (unpaired) electrons. The van der Waals surface area contributed by atoms with Crippen LogP contribution in [0.15, 0.2) is 22.7 Å². The maximum atomic E-state index is 12.2. The summed E-state index contributed by atoms with van der Waals surface area (Å²) in [5.41, 5.74) is 2.48. The number of carbonyl (C=O) groups is 1. The number of carbonyl (C=O) groups excluding carboxylic acids is 1. The van der Waals surface area contributed by atoms with Crippen LogP contribution in [0.2, 0.25) is 0 Å². The number of hydrogen-bond acceptors (Lipinski definition) is 3. The van der Waals surface area contributed by atoms with E-state index in [9.17, 15) is 4.79 Å². The molecule has 0 saturated heterocycles. The molecule has 2 rings (SSSR count). The molecular formula is C15H24N4OS2+2. The molecule has 0 aliphatic rings. The van der Waals surface area contributed by atoms with Crippen molar-refractivity contribution in [3.63, 3.8) is 0 Å². The van der Waals surface area contributed by atoms with Gasteiger partial charge in [-0.3, -0.25) is 4.79 Å². The van der Waals surface area contributed by atoms with Gasteiger partial charge >= 0.3 is 10.3 Å². The lowest BCUT2D eigenvalue weighted by atomic mass is 10.4. The molecule has 2 aromatic rings. The first-order valence-electron chi connectivity index (χ1n) is 7.13. The quantitative estimate of drug-likeness (QED) is 0.583. The topological polar surface area (TPSA) is 34.7 Å². The Labute approximate surface area is 140 Å². The highest BCUT2D eigenvalue weighted by molar-refractivity contribution is 8.01. The van der Waals surface area contributed by atoms with Crippen molar-refractivity contribution < 1.29 is 13.9 Å². The third-order valence-electron chi connectivity index (χ3n) is 3.95. The van der Waals surface area contributed by atoms with E-state index < -0.39 is 0 Å². The molecule has 0 unspecified atom stereocenters. The Balaban J connectivity index is 1.93. The number of rotatable bonds is 6. The number of Topliss-reactive ketones (excluding diaryl/α,β-unsaturated/α-hetero) is 1. The van der Waals surface area contributed by atoms with E-state index in [0.29, 0.717) is 11.5 Å². The van der Waals surface area contributed by atoms with Gasteiger partial charge in [0.15, 0.2) is 5.78 Å². The van der Waals surface area contributed by atoms with Crippen LogP contribution in [0, 0.1) is 13.8 Å². The predicted molar refractivity (Wildman–Crippen MR) is 89.1 cm³/mol. The SMILES string of the molecule is Cc1c(C)[n+](C)c(SCC(=O)CSc2n(C)cc[n+]2C)n1C. The van der Waals surface area contributed by atoms with Gasteiger partial charge in [-0.1, -0.05) is 0 Å². The Morgan fingerprint density at radius 1 is 1.14 bits per heavy atom. The molecule has 0 bridgehead atoms. The van der Waals surface area contributed by atoms with Crippen LogP contribution >= 0.6 is 23.5 Å². The van der Waals surface area contributed by atoms with Crippen LogP contribution in [0.5, 0.6) is 0 Å². The average molecular weight is 341 g/mol. The summed E-state index contributed by atoms with van der Waals surface area (Å²) in [7, 11) is 8.09. The number of aromatic nitrogens is 4. The van der Waals surface area contributed by atoms with Crippen molar-refractivity contribution in [3.8, 4) is 0 Å². The van der Waals surface area contributed by atoms with Gasteiger partial charge in [0.05, 0.1) is 39.7 Å². The number of ketones is 1. The molecule has 2 heterocycles. The molecule has 0 aromatic carbocycles. The average Bonchev–Trinajstić information content (AvgIpc) is 2.89. The normalized spacial score (nSPS) is 11.2. The molecule has 7 heteroatoms. The number of aryl methyl sites for hydroxylation is 2. The third-order valence-corrected chi connectivity index (χ3v) is 6.52. The minimum atomic E-state index is 0.257. The Morgan fingerprint density at radius 2 is 1.73 bits per heavy atom. The summed E-state index contributed by atoms with van der Waals surface area (Å²) < 4.78 is 8.37. The minimum absolute atomic E-state index is 0.257. The fraction of sp³-hybridized carbons (Fsp3) is 0.533. The largest absolute Gasteiger partial charge is 0.318 e. The molecule has 0 aliphatic heterocycles. The second-order valence-corrected chi connectivity index (χ2v) is 7.37. The summed E-state index contributed by atoms with van der Waals surface area (Å²) in [6.07, 6.45) is 3.99. The van der Waals surface area contributed by atoms with Gasteiger partial charge in [-0.15, -0.1) is 0 Å².